The van der Waals surface area contributed by atoms with Crippen LogP contribution in [0, 0.1) is 5.21 Å². The number of hydrogen-bond acceptors (Lipinski definition) is 6. The summed E-state index contributed by atoms with van der Waals surface area (Å²) >= 11 is 0. The average Bonchev–Trinajstić information content (AvgIpc) is 2.68. The van der Waals surface area contributed by atoms with Gasteiger partial charge in [0.05, 0.1) is 7.11 Å². The predicted octanol–water partition coefficient (Wildman–Crippen LogP) is 1.89. The maximum Gasteiger partial charge on any atom is 0.328 e. The molecule has 1 amide bonds. The third-order valence-corrected chi connectivity index (χ3v) is 4.51. The molecule has 8 heteroatoms. The van der Waals surface area contributed by atoms with E-state index >= 15 is 0 Å². The molecule has 1 aromatic heterocycles. The van der Waals surface area contributed by atoms with Crippen molar-refractivity contribution in [3.63, 3.8) is 0 Å². The minimum Gasteiger partial charge on any atom is -0.618 e. The van der Waals surface area contributed by atoms with E-state index in [2.05, 4.69) is 5.32 Å². The van der Waals surface area contributed by atoms with E-state index in [1.165, 1.54) is 20.1 Å². The van der Waals surface area contributed by atoms with Gasteiger partial charge in [-0.3, -0.25) is 4.79 Å². The number of aromatic nitrogens is 1. The van der Waals surface area contributed by atoms with Gasteiger partial charge in [-0.05, 0) is 19.4 Å². The van der Waals surface area contributed by atoms with Gasteiger partial charge < -0.3 is 25.1 Å². The SMILES string of the molecule is COc1cc[n+]([O-])c(C(=O)NC(C)C(=O)O[C@@H](C)[C@@H](C)c2ccccc2)c1O. The van der Waals surface area contributed by atoms with Gasteiger partial charge in [0.2, 0.25) is 5.75 Å². The Morgan fingerprint density at radius 1 is 1.14 bits per heavy atom. The summed E-state index contributed by atoms with van der Waals surface area (Å²) < 4.78 is 10.5. The number of amides is 1. The first-order chi connectivity index (χ1) is 13.3. The molecule has 0 aliphatic rings. The monoisotopic (exact) mass is 388 g/mol. The molecule has 28 heavy (non-hydrogen) atoms. The number of methoxy groups -OCH3 is 1. The number of carbonyl (C=O) groups is 2. The quantitative estimate of drug-likeness (QED) is 0.426. The van der Waals surface area contributed by atoms with Crippen LogP contribution in [0.3, 0.4) is 0 Å². The number of rotatable bonds is 7. The van der Waals surface area contributed by atoms with Crippen molar-refractivity contribution < 1.29 is 28.9 Å². The molecule has 1 heterocycles. The van der Waals surface area contributed by atoms with Crippen molar-refractivity contribution in [2.45, 2.75) is 38.8 Å². The molecule has 2 N–H and O–H groups in total. The molecule has 1 aromatic carbocycles. The van der Waals surface area contributed by atoms with E-state index in [0.29, 0.717) is 0 Å². The van der Waals surface area contributed by atoms with Crippen LogP contribution in [0.25, 0.3) is 0 Å². The number of aromatic hydroxyl groups is 1. The third-order valence-electron chi connectivity index (χ3n) is 4.51. The largest absolute Gasteiger partial charge is 0.618 e. The lowest BCUT2D eigenvalue weighted by Gasteiger charge is -2.23. The lowest BCUT2D eigenvalue weighted by molar-refractivity contribution is -0.608. The first kappa shape index (κ1) is 21.0. The van der Waals surface area contributed by atoms with Gasteiger partial charge in [-0.2, -0.15) is 4.73 Å². The highest BCUT2D eigenvalue weighted by Gasteiger charge is 2.29. The number of carbonyl (C=O) groups excluding carboxylic acids is 2. The molecule has 150 valence electrons. The Hall–Kier alpha value is -3.29. The van der Waals surface area contributed by atoms with Crippen molar-refractivity contribution in [3.8, 4) is 11.5 Å². The van der Waals surface area contributed by atoms with Crippen LogP contribution in [0.5, 0.6) is 11.5 Å². The van der Waals surface area contributed by atoms with Gasteiger partial charge in [0.1, 0.15) is 12.1 Å². The Balaban J connectivity index is 2.03. The zero-order valence-electron chi connectivity index (χ0n) is 16.2. The molecular formula is C20H24N2O6. The highest BCUT2D eigenvalue weighted by Crippen LogP contribution is 2.26. The molecule has 0 saturated carbocycles. The Morgan fingerprint density at radius 3 is 2.39 bits per heavy atom. The zero-order chi connectivity index (χ0) is 20.8. The smallest absolute Gasteiger partial charge is 0.328 e. The van der Waals surface area contributed by atoms with Crippen molar-refractivity contribution in [2.75, 3.05) is 7.11 Å². The minimum absolute atomic E-state index is 0.0298. The second-order valence-corrected chi connectivity index (χ2v) is 6.44. The van der Waals surface area contributed by atoms with Crippen molar-refractivity contribution in [1.29, 1.82) is 0 Å². The Kier molecular flexibility index (Phi) is 6.81. The summed E-state index contributed by atoms with van der Waals surface area (Å²) in [6.45, 7) is 5.14. The summed E-state index contributed by atoms with van der Waals surface area (Å²) in [7, 11) is 1.29. The summed E-state index contributed by atoms with van der Waals surface area (Å²) in [4.78, 5) is 24.7. The Bertz CT molecular complexity index is 840. The summed E-state index contributed by atoms with van der Waals surface area (Å²) in [6.07, 6.45) is 0.601. The van der Waals surface area contributed by atoms with Gasteiger partial charge in [0.25, 0.3) is 0 Å². The van der Waals surface area contributed by atoms with Crippen LogP contribution in [0.1, 0.15) is 42.7 Å². The second-order valence-electron chi connectivity index (χ2n) is 6.44. The highest BCUT2D eigenvalue weighted by molar-refractivity contribution is 5.96. The molecule has 0 fully saturated rings. The van der Waals surface area contributed by atoms with Crippen LogP contribution in [-0.2, 0) is 9.53 Å². The summed E-state index contributed by atoms with van der Waals surface area (Å²) in [5.74, 6) is -2.25. The number of pyridine rings is 1. The number of hydrogen-bond donors (Lipinski definition) is 2. The van der Waals surface area contributed by atoms with Crippen LogP contribution in [-0.4, -0.2) is 36.2 Å². The van der Waals surface area contributed by atoms with Crippen LogP contribution in [0.15, 0.2) is 42.6 Å². The van der Waals surface area contributed by atoms with Crippen LogP contribution in [0.2, 0.25) is 0 Å². The van der Waals surface area contributed by atoms with Gasteiger partial charge in [0, 0.05) is 12.0 Å². The molecule has 0 saturated heterocycles. The summed E-state index contributed by atoms with van der Waals surface area (Å²) in [5.41, 5.74) is 0.456. The first-order valence-electron chi connectivity index (χ1n) is 8.81. The van der Waals surface area contributed by atoms with E-state index in [9.17, 15) is 19.9 Å². The standard InChI is InChI=1S/C20H24N2O6/c1-12(15-8-6-5-7-9-15)14(3)28-20(25)13(2)21-19(24)17-18(23)16(27-4)10-11-22(17)26/h5-14,23H,1-4H3,(H,21,24)/t12-,13?,14+/m1/s1. The molecule has 3 atom stereocenters. The highest BCUT2D eigenvalue weighted by atomic mass is 16.5. The maximum atomic E-state index is 12.4. The van der Waals surface area contributed by atoms with E-state index in [1.807, 2.05) is 37.3 Å². The summed E-state index contributed by atoms with van der Waals surface area (Å²) in [5, 5.41) is 24.2. The maximum absolute atomic E-state index is 12.4. The zero-order valence-corrected chi connectivity index (χ0v) is 16.2. The predicted molar refractivity (Wildman–Crippen MR) is 101 cm³/mol. The molecule has 8 nitrogen and oxygen atoms in total. The molecule has 0 aliphatic heterocycles. The van der Waals surface area contributed by atoms with Crippen molar-refractivity contribution in [2.24, 2.45) is 0 Å². The number of esters is 1. The molecule has 0 radical (unpaired) electrons. The molecular weight excluding hydrogens is 364 g/mol. The topological polar surface area (TPSA) is 112 Å². The molecule has 0 aliphatic carbocycles. The van der Waals surface area contributed by atoms with E-state index in [-0.39, 0.29) is 16.4 Å². The second kappa shape index (κ2) is 9.07. The van der Waals surface area contributed by atoms with Gasteiger partial charge >= 0.3 is 17.6 Å². The molecule has 0 bridgehead atoms. The van der Waals surface area contributed by atoms with Crippen LogP contribution < -0.4 is 14.8 Å². The Morgan fingerprint density at radius 2 is 1.79 bits per heavy atom. The average molecular weight is 388 g/mol. The van der Waals surface area contributed by atoms with E-state index in [4.69, 9.17) is 9.47 Å². The number of nitrogens with zero attached hydrogens (tertiary/aromatic N) is 1. The fourth-order valence-corrected chi connectivity index (χ4v) is 2.62. The Labute approximate surface area is 163 Å². The lowest BCUT2D eigenvalue weighted by Crippen LogP contribution is -2.46. The van der Waals surface area contributed by atoms with Crippen LogP contribution >= 0.6 is 0 Å². The van der Waals surface area contributed by atoms with E-state index in [1.54, 1.807) is 6.92 Å². The lowest BCUT2D eigenvalue weighted by atomic mass is 9.96. The number of ether oxygens (including phenoxy) is 2. The fraction of sp³-hybridized carbons (Fsp3) is 0.350. The molecule has 1 unspecified atom stereocenters. The van der Waals surface area contributed by atoms with Crippen LogP contribution in [0.4, 0.5) is 0 Å². The summed E-state index contributed by atoms with van der Waals surface area (Å²) in [6, 6.07) is 9.80. The number of nitrogens with one attached hydrogen (secondary N) is 1. The normalized spacial score (nSPS) is 13.9. The molecule has 2 rings (SSSR count). The van der Waals surface area contributed by atoms with Gasteiger partial charge in [-0.1, -0.05) is 37.3 Å². The van der Waals surface area contributed by atoms with Gasteiger partial charge in [0.15, 0.2) is 11.9 Å². The minimum atomic E-state index is -1.02. The van der Waals surface area contributed by atoms with Crippen molar-refractivity contribution >= 4 is 11.9 Å². The van der Waals surface area contributed by atoms with Crippen molar-refractivity contribution in [1.82, 2.24) is 5.32 Å². The molecule has 2 aromatic rings. The van der Waals surface area contributed by atoms with Crippen molar-refractivity contribution in [3.05, 3.63) is 59.1 Å². The first-order valence-corrected chi connectivity index (χ1v) is 8.81. The van der Waals surface area contributed by atoms with E-state index in [0.717, 1.165) is 11.8 Å². The third kappa shape index (κ3) is 4.70. The van der Waals surface area contributed by atoms with Gasteiger partial charge in [-0.25, -0.2) is 4.79 Å². The number of benzene rings is 1. The van der Waals surface area contributed by atoms with Gasteiger partial charge in [-0.15, -0.1) is 0 Å². The van der Waals surface area contributed by atoms with E-state index < -0.39 is 35.5 Å². The molecule has 0 spiro atoms. The fourth-order valence-electron chi connectivity index (χ4n) is 2.62.